The second-order valence-corrected chi connectivity index (χ2v) is 6.46. The predicted octanol–water partition coefficient (Wildman–Crippen LogP) is 2.01. The monoisotopic (exact) mass is 356 g/mol. The topological polar surface area (TPSA) is 107 Å². The molecule has 0 spiro atoms. The van der Waals surface area contributed by atoms with Crippen molar-refractivity contribution in [2.24, 2.45) is 0 Å². The van der Waals surface area contributed by atoms with Gasteiger partial charge in [0.25, 0.3) is 0 Å². The van der Waals surface area contributed by atoms with E-state index >= 15 is 0 Å². The molecule has 1 aromatic heterocycles. The van der Waals surface area contributed by atoms with Gasteiger partial charge in [-0.25, -0.2) is 14.2 Å². The molecule has 0 aromatic carbocycles. The number of morpholine rings is 1. The normalized spacial score (nSPS) is 17.2. The summed E-state index contributed by atoms with van der Waals surface area (Å²) >= 11 is 0. The van der Waals surface area contributed by atoms with Crippen molar-refractivity contribution < 1.29 is 23.5 Å². The number of rotatable bonds is 2. The smallest absolute Gasteiger partial charge is 0.410 e. The first-order valence-corrected chi connectivity index (χ1v) is 7.83. The molecule has 25 heavy (non-hydrogen) atoms. The number of halogens is 1. The molecule has 0 aliphatic carbocycles. The zero-order valence-corrected chi connectivity index (χ0v) is 14.9. The summed E-state index contributed by atoms with van der Waals surface area (Å²) < 4.78 is 23.0. The van der Waals surface area contributed by atoms with Crippen molar-refractivity contribution in [1.82, 2.24) is 9.88 Å². The van der Waals surface area contributed by atoms with E-state index in [0.717, 1.165) is 12.3 Å². The number of hydrogen-bond acceptors (Lipinski definition) is 6. The van der Waals surface area contributed by atoms with Crippen molar-refractivity contribution in [2.75, 3.05) is 30.7 Å². The lowest BCUT2D eigenvalue weighted by Crippen LogP contribution is -2.46. The minimum absolute atomic E-state index is 0.0958. The molecule has 2 rings (SSSR count). The first kappa shape index (κ1) is 20.6. The van der Waals surface area contributed by atoms with Crippen LogP contribution in [0.2, 0.25) is 0 Å². The number of nitrogens with two attached hydrogens (primary N) is 1. The number of pyridine rings is 1. The molecule has 1 unspecified atom stereocenters. The highest BCUT2D eigenvalue weighted by Crippen LogP contribution is 2.14. The summed E-state index contributed by atoms with van der Waals surface area (Å²) in [7, 11) is 0. The summed E-state index contributed by atoms with van der Waals surface area (Å²) in [6, 6.07) is 1.09. The van der Waals surface area contributed by atoms with E-state index in [0.29, 0.717) is 26.1 Å². The lowest BCUT2D eigenvalue weighted by atomic mass is 10.2. The number of ether oxygens (including phenoxy) is 2. The molecular formula is C16H25FN4O4. The Hall–Kier alpha value is -2.42. The van der Waals surface area contributed by atoms with Crippen molar-refractivity contribution in [2.45, 2.75) is 39.4 Å². The average Bonchev–Trinajstić information content (AvgIpc) is 2.50. The van der Waals surface area contributed by atoms with Crippen LogP contribution in [0, 0.1) is 5.82 Å². The largest absolute Gasteiger partial charge is 0.444 e. The predicted molar refractivity (Wildman–Crippen MR) is 91.5 cm³/mol. The Morgan fingerprint density at radius 3 is 2.80 bits per heavy atom. The molecule has 1 atom stereocenters. The van der Waals surface area contributed by atoms with Crippen LogP contribution in [0.5, 0.6) is 0 Å². The highest BCUT2D eigenvalue weighted by Gasteiger charge is 2.25. The maximum absolute atomic E-state index is 12.4. The van der Waals surface area contributed by atoms with Gasteiger partial charge < -0.3 is 25.4 Å². The van der Waals surface area contributed by atoms with Gasteiger partial charge in [0.2, 0.25) is 6.41 Å². The number of aromatic nitrogens is 1. The van der Waals surface area contributed by atoms with Crippen LogP contribution in [0.1, 0.15) is 27.7 Å². The molecule has 0 saturated carbocycles. The molecule has 1 saturated heterocycles. The first-order chi connectivity index (χ1) is 11.6. The third-order valence-electron chi connectivity index (χ3n) is 2.99. The molecule has 9 heteroatoms. The van der Waals surface area contributed by atoms with E-state index in [-0.39, 0.29) is 23.7 Å². The van der Waals surface area contributed by atoms with E-state index < -0.39 is 11.4 Å². The van der Waals surface area contributed by atoms with E-state index in [1.807, 2.05) is 27.7 Å². The molecule has 1 fully saturated rings. The second-order valence-electron chi connectivity index (χ2n) is 6.46. The van der Waals surface area contributed by atoms with Crippen LogP contribution in [0.15, 0.2) is 12.3 Å². The SMILES string of the molecule is CC1CN(C(=O)OC(C)(C)C)CCO1.Nc1ncc(F)cc1NC=O. The van der Waals surface area contributed by atoms with Crippen molar-refractivity contribution in [3.63, 3.8) is 0 Å². The molecule has 2 heterocycles. The van der Waals surface area contributed by atoms with Gasteiger partial charge in [-0.05, 0) is 27.7 Å². The Morgan fingerprint density at radius 1 is 1.56 bits per heavy atom. The van der Waals surface area contributed by atoms with Gasteiger partial charge in [-0.1, -0.05) is 0 Å². The third kappa shape index (κ3) is 7.79. The van der Waals surface area contributed by atoms with Gasteiger partial charge in [0.1, 0.15) is 17.2 Å². The lowest BCUT2D eigenvalue weighted by Gasteiger charge is -2.32. The summed E-state index contributed by atoms with van der Waals surface area (Å²) in [5, 5.41) is 2.21. The number of anilines is 2. The second kappa shape index (κ2) is 9.16. The summed E-state index contributed by atoms with van der Waals surface area (Å²) in [6.07, 6.45) is 1.25. The lowest BCUT2D eigenvalue weighted by molar-refractivity contribution is -0.105. The zero-order valence-electron chi connectivity index (χ0n) is 14.9. The van der Waals surface area contributed by atoms with Gasteiger partial charge in [0.05, 0.1) is 31.1 Å². The first-order valence-electron chi connectivity index (χ1n) is 7.83. The molecule has 1 aliphatic heterocycles. The van der Waals surface area contributed by atoms with Gasteiger partial charge in [0.15, 0.2) is 0 Å². The summed E-state index contributed by atoms with van der Waals surface area (Å²) in [5.74, 6) is -0.443. The third-order valence-corrected chi connectivity index (χ3v) is 2.99. The van der Waals surface area contributed by atoms with Crippen molar-refractivity contribution in [3.8, 4) is 0 Å². The zero-order chi connectivity index (χ0) is 19.0. The van der Waals surface area contributed by atoms with Crippen LogP contribution in [0.25, 0.3) is 0 Å². The Kier molecular flexibility index (Phi) is 7.56. The van der Waals surface area contributed by atoms with Crippen molar-refractivity contribution in [3.05, 3.63) is 18.1 Å². The number of amides is 2. The van der Waals surface area contributed by atoms with Crippen LogP contribution < -0.4 is 11.1 Å². The fourth-order valence-electron chi connectivity index (χ4n) is 1.94. The van der Waals surface area contributed by atoms with E-state index in [9.17, 15) is 14.0 Å². The van der Waals surface area contributed by atoms with Crippen LogP contribution in [0.3, 0.4) is 0 Å². The van der Waals surface area contributed by atoms with Gasteiger partial charge in [0, 0.05) is 12.6 Å². The molecule has 0 radical (unpaired) electrons. The number of carbonyl (C=O) groups is 2. The number of nitrogens with zero attached hydrogens (tertiary/aromatic N) is 2. The fraction of sp³-hybridized carbons (Fsp3) is 0.562. The molecule has 2 amide bonds. The number of nitrogen functional groups attached to an aromatic ring is 1. The molecule has 140 valence electrons. The highest BCUT2D eigenvalue weighted by molar-refractivity contribution is 5.77. The minimum atomic E-state index is -0.538. The van der Waals surface area contributed by atoms with Crippen LogP contribution in [-0.4, -0.2) is 53.8 Å². The molecule has 0 bridgehead atoms. The van der Waals surface area contributed by atoms with Gasteiger partial charge >= 0.3 is 6.09 Å². The van der Waals surface area contributed by atoms with E-state index in [1.54, 1.807) is 4.90 Å². The maximum atomic E-state index is 12.4. The number of carbonyl (C=O) groups excluding carboxylic acids is 2. The van der Waals surface area contributed by atoms with Gasteiger partial charge in [-0.2, -0.15) is 0 Å². The maximum Gasteiger partial charge on any atom is 0.410 e. The number of nitrogens with one attached hydrogen (secondary N) is 1. The summed E-state index contributed by atoms with van der Waals surface area (Å²) in [4.78, 5) is 26.7. The van der Waals surface area contributed by atoms with E-state index in [4.69, 9.17) is 15.2 Å². The van der Waals surface area contributed by atoms with E-state index in [2.05, 4.69) is 10.3 Å². The Morgan fingerprint density at radius 2 is 2.24 bits per heavy atom. The Labute approximate surface area is 146 Å². The van der Waals surface area contributed by atoms with Crippen LogP contribution in [-0.2, 0) is 14.3 Å². The molecule has 1 aromatic rings. The Balaban J connectivity index is 0.000000257. The molecular weight excluding hydrogens is 331 g/mol. The summed E-state index contributed by atoms with van der Waals surface area (Å²) in [6.45, 7) is 9.41. The summed E-state index contributed by atoms with van der Waals surface area (Å²) in [5.41, 5.74) is 5.04. The van der Waals surface area contributed by atoms with Crippen molar-refractivity contribution >= 4 is 24.0 Å². The average molecular weight is 356 g/mol. The molecule has 1 aliphatic rings. The fourth-order valence-corrected chi connectivity index (χ4v) is 1.94. The van der Waals surface area contributed by atoms with Crippen molar-refractivity contribution in [1.29, 1.82) is 0 Å². The van der Waals surface area contributed by atoms with Crippen LogP contribution in [0.4, 0.5) is 20.7 Å². The minimum Gasteiger partial charge on any atom is -0.444 e. The molecule has 3 N–H and O–H groups in total. The molecule has 8 nitrogen and oxygen atoms in total. The Bertz CT molecular complexity index is 592. The van der Waals surface area contributed by atoms with Gasteiger partial charge in [-0.15, -0.1) is 0 Å². The highest BCUT2D eigenvalue weighted by atomic mass is 19.1. The number of hydrogen-bond donors (Lipinski definition) is 2. The van der Waals surface area contributed by atoms with Gasteiger partial charge in [-0.3, -0.25) is 4.79 Å². The van der Waals surface area contributed by atoms with Crippen LogP contribution >= 0.6 is 0 Å². The standard InChI is InChI=1S/C10H19NO3.C6H6FN3O/c1-8-7-11(5-6-13-8)9(12)14-10(2,3)4;7-4-1-5(10-3-11)6(8)9-2-4/h8H,5-7H2,1-4H3;1-3H,(H2,8,9)(H,10,11). The quantitative estimate of drug-likeness (QED) is 0.785. The van der Waals surface area contributed by atoms with E-state index in [1.165, 1.54) is 0 Å².